The largest absolute Gasteiger partial charge is 0.416 e. The first-order valence-electron chi connectivity index (χ1n) is 8.57. The van der Waals surface area contributed by atoms with E-state index in [1.165, 1.54) is 20.2 Å². The lowest BCUT2D eigenvalue weighted by Gasteiger charge is -2.28. The Morgan fingerprint density at radius 3 is 2.31 bits per heavy atom. The van der Waals surface area contributed by atoms with Gasteiger partial charge in [0.25, 0.3) is 0 Å². The molecule has 29 heavy (non-hydrogen) atoms. The third kappa shape index (κ3) is 5.48. The molecule has 6 nitrogen and oxygen atoms in total. The number of halogens is 3. The summed E-state index contributed by atoms with van der Waals surface area (Å²) in [5, 5.41) is 2.34. The summed E-state index contributed by atoms with van der Waals surface area (Å²) in [5.74, 6) is -0.768. The second kappa shape index (κ2) is 8.42. The number of nitrogens with zero attached hydrogens (tertiary/aromatic N) is 2. The zero-order chi connectivity index (χ0) is 22.0. The Bertz CT molecular complexity index is 1010. The van der Waals surface area contributed by atoms with Gasteiger partial charge < -0.3 is 5.32 Å². The molecule has 1 N–H and O–H groups in total. The molecule has 0 fully saturated rings. The number of anilines is 2. The van der Waals surface area contributed by atoms with Gasteiger partial charge in [-0.15, -0.1) is 0 Å². The van der Waals surface area contributed by atoms with Crippen LogP contribution in [0.5, 0.6) is 0 Å². The molecule has 0 saturated heterocycles. The van der Waals surface area contributed by atoms with Gasteiger partial charge in [0.05, 0.1) is 11.3 Å². The van der Waals surface area contributed by atoms with Crippen molar-refractivity contribution in [2.24, 2.45) is 0 Å². The molecule has 0 atom stereocenters. The maximum absolute atomic E-state index is 12.9. The number of carbonyl (C=O) groups excluding carboxylic acids is 1. The van der Waals surface area contributed by atoms with Crippen molar-refractivity contribution < 1.29 is 26.4 Å². The van der Waals surface area contributed by atoms with E-state index in [9.17, 15) is 26.4 Å². The van der Waals surface area contributed by atoms with Crippen LogP contribution in [0.25, 0.3) is 0 Å². The first-order valence-corrected chi connectivity index (χ1v) is 9.96. The summed E-state index contributed by atoms with van der Waals surface area (Å²) < 4.78 is 66.1. The monoisotopic (exact) mass is 429 g/mol. The van der Waals surface area contributed by atoms with Gasteiger partial charge in [-0.2, -0.15) is 25.9 Å². The molecule has 2 rings (SSSR count). The molecule has 0 aliphatic heterocycles. The van der Waals surface area contributed by atoms with Gasteiger partial charge in [0.2, 0.25) is 5.91 Å². The van der Waals surface area contributed by atoms with Gasteiger partial charge in [0, 0.05) is 19.8 Å². The summed E-state index contributed by atoms with van der Waals surface area (Å²) >= 11 is 0. The third-order valence-electron chi connectivity index (χ3n) is 4.13. The van der Waals surface area contributed by atoms with Crippen molar-refractivity contribution >= 4 is 27.5 Å². The molecule has 0 saturated carbocycles. The molecule has 0 bridgehead atoms. The van der Waals surface area contributed by atoms with Crippen LogP contribution in [0.2, 0.25) is 0 Å². The van der Waals surface area contributed by atoms with Crippen LogP contribution in [0.15, 0.2) is 42.5 Å². The summed E-state index contributed by atoms with van der Waals surface area (Å²) in [6.45, 7) is 2.89. The smallest absolute Gasteiger partial charge is 0.325 e. The van der Waals surface area contributed by atoms with Gasteiger partial charge in [-0.3, -0.25) is 4.79 Å². The van der Waals surface area contributed by atoms with Crippen molar-refractivity contribution in [3.63, 3.8) is 0 Å². The molecule has 0 aliphatic carbocycles. The Morgan fingerprint density at radius 2 is 1.72 bits per heavy atom. The summed E-state index contributed by atoms with van der Waals surface area (Å²) in [6, 6.07) is 9.31. The van der Waals surface area contributed by atoms with Crippen LogP contribution in [0, 0.1) is 13.8 Å². The molecule has 1 amide bonds. The Balaban J connectivity index is 2.35. The summed E-state index contributed by atoms with van der Waals surface area (Å²) in [6.07, 6.45) is -4.56. The van der Waals surface area contributed by atoms with Crippen molar-refractivity contribution in [1.29, 1.82) is 0 Å². The maximum atomic E-state index is 12.9. The lowest BCUT2D eigenvalue weighted by atomic mass is 10.1. The predicted molar refractivity (Wildman–Crippen MR) is 106 cm³/mol. The highest BCUT2D eigenvalue weighted by Gasteiger charge is 2.31. The summed E-state index contributed by atoms with van der Waals surface area (Å²) in [5.41, 5.74) is 0.754. The molecule has 158 valence electrons. The van der Waals surface area contributed by atoms with Crippen LogP contribution in [-0.4, -0.2) is 39.3 Å². The number of nitrogens with one attached hydrogen (secondary N) is 1. The van der Waals surface area contributed by atoms with Crippen LogP contribution in [0.4, 0.5) is 24.5 Å². The second-order valence-corrected chi connectivity index (χ2v) is 8.78. The summed E-state index contributed by atoms with van der Waals surface area (Å²) in [7, 11) is -1.36. The highest BCUT2D eigenvalue weighted by Crippen LogP contribution is 2.31. The highest BCUT2D eigenvalue weighted by molar-refractivity contribution is 7.90. The fraction of sp³-hybridized carbons (Fsp3) is 0.316. The van der Waals surface area contributed by atoms with Crippen molar-refractivity contribution in [1.82, 2.24) is 4.31 Å². The number of alkyl halides is 3. The number of carbonyl (C=O) groups is 1. The first-order chi connectivity index (χ1) is 13.3. The zero-order valence-electron chi connectivity index (χ0n) is 16.4. The molecular weight excluding hydrogens is 407 g/mol. The van der Waals surface area contributed by atoms with Gasteiger partial charge in [0.1, 0.15) is 6.54 Å². The average molecular weight is 429 g/mol. The van der Waals surface area contributed by atoms with E-state index < -0.39 is 34.4 Å². The van der Waals surface area contributed by atoms with Gasteiger partial charge >= 0.3 is 16.4 Å². The molecule has 0 heterocycles. The maximum Gasteiger partial charge on any atom is 0.416 e. The molecule has 0 radical (unpaired) electrons. The highest BCUT2D eigenvalue weighted by atomic mass is 32.2. The lowest BCUT2D eigenvalue weighted by Crippen LogP contribution is -2.44. The van der Waals surface area contributed by atoms with E-state index in [0.717, 1.165) is 32.4 Å². The van der Waals surface area contributed by atoms with Crippen LogP contribution >= 0.6 is 0 Å². The van der Waals surface area contributed by atoms with Crippen molar-refractivity contribution in [2.75, 3.05) is 30.3 Å². The van der Waals surface area contributed by atoms with Crippen molar-refractivity contribution in [3.05, 3.63) is 59.2 Å². The van der Waals surface area contributed by atoms with E-state index in [1.807, 2.05) is 6.07 Å². The minimum atomic E-state index is -4.56. The van der Waals surface area contributed by atoms with E-state index in [0.29, 0.717) is 11.3 Å². The number of hydrogen-bond acceptors (Lipinski definition) is 3. The minimum Gasteiger partial charge on any atom is -0.325 e. The van der Waals surface area contributed by atoms with Gasteiger partial charge in [-0.25, -0.2) is 4.31 Å². The van der Waals surface area contributed by atoms with E-state index in [4.69, 9.17) is 0 Å². The number of aryl methyl sites for hydroxylation is 2. The Hall–Kier alpha value is -2.59. The fourth-order valence-electron chi connectivity index (χ4n) is 2.58. The zero-order valence-corrected chi connectivity index (χ0v) is 17.2. The quantitative estimate of drug-likeness (QED) is 0.763. The van der Waals surface area contributed by atoms with E-state index in [-0.39, 0.29) is 5.69 Å². The van der Waals surface area contributed by atoms with Crippen LogP contribution in [0.1, 0.15) is 16.7 Å². The van der Waals surface area contributed by atoms with Crippen LogP contribution in [0.3, 0.4) is 0 Å². The van der Waals surface area contributed by atoms with E-state index in [1.54, 1.807) is 26.0 Å². The topological polar surface area (TPSA) is 69.7 Å². The Kier molecular flexibility index (Phi) is 6.59. The molecule has 0 aromatic heterocycles. The van der Waals surface area contributed by atoms with Gasteiger partial charge in [0.15, 0.2) is 0 Å². The van der Waals surface area contributed by atoms with E-state index in [2.05, 4.69) is 5.32 Å². The third-order valence-corrected chi connectivity index (χ3v) is 5.94. The molecule has 0 unspecified atom stereocenters. The molecule has 0 spiro atoms. The normalized spacial score (nSPS) is 12.1. The number of rotatable bonds is 6. The molecular formula is C19H22F3N3O3S. The molecule has 2 aromatic carbocycles. The summed E-state index contributed by atoms with van der Waals surface area (Å²) in [4.78, 5) is 12.5. The number of benzene rings is 2. The minimum absolute atomic E-state index is 0.0759. The number of amides is 1. The SMILES string of the molecule is Cc1ccc(C)c(N(CC(=O)Nc2cccc(C(F)(F)F)c2)S(=O)(=O)N(C)C)c1. The fourth-order valence-corrected chi connectivity index (χ4v) is 3.70. The Labute approximate surface area is 168 Å². The van der Waals surface area contributed by atoms with Gasteiger partial charge in [-0.1, -0.05) is 18.2 Å². The van der Waals surface area contributed by atoms with Gasteiger partial charge in [-0.05, 0) is 49.2 Å². The van der Waals surface area contributed by atoms with Crippen molar-refractivity contribution in [2.45, 2.75) is 20.0 Å². The average Bonchev–Trinajstić information content (AvgIpc) is 2.61. The first kappa shape index (κ1) is 22.7. The van der Waals surface area contributed by atoms with Crippen LogP contribution < -0.4 is 9.62 Å². The number of hydrogen-bond donors (Lipinski definition) is 1. The molecule has 2 aromatic rings. The standard InChI is InChI=1S/C19H22F3N3O3S/c1-13-8-9-14(2)17(10-13)25(29(27,28)24(3)4)12-18(26)23-16-7-5-6-15(11-16)19(20,21)22/h5-11H,12H2,1-4H3,(H,23,26). The predicted octanol–water partition coefficient (Wildman–Crippen LogP) is 3.57. The van der Waals surface area contributed by atoms with Crippen molar-refractivity contribution in [3.8, 4) is 0 Å². The Morgan fingerprint density at radius 1 is 1.07 bits per heavy atom. The van der Waals surface area contributed by atoms with E-state index >= 15 is 0 Å². The molecule has 0 aliphatic rings. The lowest BCUT2D eigenvalue weighted by molar-refractivity contribution is -0.137. The van der Waals surface area contributed by atoms with Crippen LogP contribution in [-0.2, 0) is 21.2 Å². The molecule has 10 heteroatoms. The second-order valence-electron chi connectivity index (χ2n) is 6.71.